The highest BCUT2D eigenvalue weighted by molar-refractivity contribution is 5.72. The van der Waals surface area contributed by atoms with Gasteiger partial charge >= 0.3 is 0 Å². The molecule has 4 unspecified atom stereocenters. The van der Waals surface area contributed by atoms with Crippen molar-refractivity contribution in [1.29, 1.82) is 0 Å². The van der Waals surface area contributed by atoms with Gasteiger partial charge in [-0.15, -0.1) is 0 Å². The second kappa shape index (κ2) is 14.4. The van der Waals surface area contributed by atoms with E-state index in [1.165, 1.54) is 13.8 Å². The normalized spacial score (nSPS) is 19.5. The summed E-state index contributed by atoms with van der Waals surface area (Å²) in [6, 6.07) is 6.97. The molecule has 2 rings (SSSR count). The lowest BCUT2D eigenvalue weighted by atomic mass is 10.1. The van der Waals surface area contributed by atoms with Gasteiger partial charge in [0.2, 0.25) is 5.91 Å². The molecule has 8 nitrogen and oxygen atoms in total. The summed E-state index contributed by atoms with van der Waals surface area (Å²) in [5.74, 6) is 0.252. The van der Waals surface area contributed by atoms with Gasteiger partial charge in [0, 0.05) is 13.5 Å². The predicted molar refractivity (Wildman–Crippen MR) is 101 cm³/mol. The van der Waals surface area contributed by atoms with Crippen LogP contribution in [0.1, 0.15) is 33.3 Å². The van der Waals surface area contributed by atoms with E-state index in [0.29, 0.717) is 6.54 Å². The number of phenolic OH excluding ortho intramolecular Hbond substituents is 1. The van der Waals surface area contributed by atoms with Gasteiger partial charge in [-0.05, 0) is 31.0 Å². The molecule has 0 radical (unpaired) electrons. The molecule has 5 N–H and O–H groups in total. The first kappa shape index (κ1) is 25.3. The number of rotatable bonds is 8. The van der Waals surface area contributed by atoms with Crippen LogP contribution in [0.5, 0.6) is 5.75 Å². The number of aliphatic hydroxyl groups is 3. The Balaban J connectivity index is 0.000000460. The SMILES string of the molecule is CC.CC(=O)NCCc1ccc(O)cc1.CC(O)C(CO)OC1OC1CO. The lowest BCUT2D eigenvalue weighted by Crippen LogP contribution is -2.31. The van der Waals surface area contributed by atoms with E-state index in [1.54, 1.807) is 12.1 Å². The van der Waals surface area contributed by atoms with E-state index in [1.807, 2.05) is 26.0 Å². The van der Waals surface area contributed by atoms with Crippen LogP contribution < -0.4 is 5.32 Å². The number of hydrogen-bond acceptors (Lipinski definition) is 7. The maximum absolute atomic E-state index is 10.5. The minimum atomic E-state index is -0.737. The van der Waals surface area contributed by atoms with Crippen LogP contribution in [0.25, 0.3) is 0 Å². The molecular formula is C19H33NO7. The zero-order valence-corrected chi connectivity index (χ0v) is 16.5. The first-order valence-corrected chi connectivity index (χ1v) is 9.10. The average Bonchev–Trinajstić information content (AvgIpc) is 3.41. The number of benzene rings is 1. The summed E-state index contributed by atoms with van der Waals surface area (Å²) >= 11 is 0. The lowest BCUT2D eigenvalue weighted by Gasteiger charge is -2.16. The van der Waals surface area contributed by atoms with Gasteiger partial charge in [-0.3, -0.25) is 4.79 Å². The van der Waals surface area contributed by atoms with Gasteiger partial charge in [0.05, 0.1) is 19.3 Å². The average molecular weight is 387 g/mol. The third kappa shape index (κ3) is 11.6. The molecular weight excluding hydrogens is 354 g/mol. The van der Waals surface area contributed by atoms with E-state index in [-0.39, 0.29) is 31.0 Å². The smallest absolute Gasteiger partial charge is 0.216 e. The highest BCUT2D eigenvalue weighted by Gasteiger charge is 2.41. The van der Waals surface area contributed by atoms with Crippen molar-refractivity contribution in [2.45, 2.75) is 58.7 Å². The fourth-order valence-electron chi connectivity index (χ4n) is 1.90. The fraction of sp³-hybridized carbons (Fsp3) is 0.632. The van der Waals surface area contributed by atoms with Gasteiger partial charge in [0.15, 0.2) is 6.29 Å². The molecule has 1 aromatic carbocycles. The van der Waals surface area contributed by atoms with Crippen LogP contribution in [0.4, 0.5) is 0 Å². The summed E-state index contributed by atoms with van der Waals surface area (Å²) < 4.78 is 9.95. The van der Waals surface area contributed by atoms with Gasteiger partial charge in [0.25, 0.3) is 0 Å². The van der Waals surface area contributed by atoms with E-state index in [4.69, 9.17) is 29.9 Å². The monoisotopic (exact) mass is 387 g/mol. The molecule has 1 heterocycles. The van der Waals surface area contributed by atoms with Gasteiger partial charge in [-0.25, -0.2) is 0 Å². The lowest BCUT2D eigenvalue weighted by molar-refractivity contribution is -0.118. The zero-order valence-electron chi connectivity index (χ0n) is 16.5. The maximum Gasteiger partial charge on any atom is 0.216 e. The number of carbonyl (C=O) groups is 1. The number of phenols is 1. The molecule has 1 fully saturated rings. The van der Waals surface area contributed by atoms with Crippen molar-refractivity contribution in [2.24, 2.45) is 0 Å². The molecule has 1 aromatic rings. The molecule has 4 atom stereocenters. The predicted octanol–water partition coefficient (Wildman–Crippen LogP) is 0.559. The molecule has 1 saturated heterocycles. The third-order valence-electron chi connectivity index (χ3n) is 3.47. The molecule has 0 aliphatic carbocycles. The Morgan fingerprint density at radius 3 is 2.26 bits per heavy atom. The summed E-state index contributed by atoms with van der Waals surface area (Å²) in [4.78, 5) is 10.5. The summed E-state index contributed by atoms with van der Waals surface area (Å²) in [6.07, 6.45) is -1.34. The zero-order chi connectivity index (χ0) is 20.8. The number of aliphatic hydroxyl groups excluding tert-OH is 3. The topological polar surface area (TPSA) is 132 Å². The number of ether oxygens (including phenoxy) is 2. The summed E-state index contributed by atoms with van der Waals surface area (Å²) in [6.45, 7) is 7.31. The summed E-state index contributed by atoms with van der Waals surface area (Å²) in [5.41, 5.74) is 1.10. The Labute approximate surface area is 160 Å². The number of nitrogens with one attached hydrogen (secondary N) is 1. The molecule has 0 bridgehead atoms. The number of epoxide rings is 1. The van der Waals surface area contributed by atoms with Crippen molar-refractivity contribution in [1.82, 2.24) is 5.32 Å². The molecule has 0 aromatic heterocycles. The largest absolute Gasteiger partial charge is 0.508 e. The minimum absolute atomic E-state index is 0.0150. The second-order valence-electron chi connectivity index (χ2n) is 5.72. The number of hydrogen-bond donors (Lipinski definition) is 5. The van der Waals surface area contributed by atoms with Crippen LogP contribution >= 0.6 is 0 Å². The molecule has 1 aliphatic heterocycles. The molecule has 1 amide bonds. The summed E-state index contributed by atoms with van der Waals surface area (Å²) in [7, 11) is 0. The van der Waals surface area contributed by atoms with Gasteiger partial charge < -0.3 is 35.2 Å². The van der Waals surface area contributed by atoms with Crippen molar-refractivity contribution >= 4 is 5.91 Å². The first-order valence-electron chi connectivity index (χ1n) is 9.10. The van der Waals surface area contributed by atoms with Gasteiger partial charge in [-0.1, -0.05) is 26.0 Å². The summed E-state index contributed by atoms with van der Waals surface area (Å²) in [5, 5.41) is 38.1. The quantitative estimate of drug-likeness (QED) is 0.412. The molecule has 27 heavy (non-hydrogen) atoms. The maximum atomic E-state index is 10.5. The molecule has 8 heteroatoms. The van der Waals surface area contributed by atoms with Crippen LogP contribution in [0.3, 0.4) is 0 Å². The van der Waals surface area contributed by atoms with E-state index in [9.17, 15) is 4.79 Å². The van der Waals surface area contributed by atoms with Gasteiger partial charge in [0.1, 0.15) is 18.0 Å². The minimum Gasteiger partial charge on any atom is -0.508 e. The van der Waals surface area contributed by atoms with Crippen LogP contribution in [0.15, 0.2) is 24.3 Å². The molecule has 0 saturated carbocycles. The van der Waals surface area contributed by atoms with Crippen LogP contribution in [-0.4, -0.2) is 70.7 Å². The Morgan fingerprint density at radius 1 is 1.26 bits per heavy atom. The van der Waals surface area contributed by atoms with Gasteiger partial charge in [-0.2, -0.15) is 0 Å². The first-order chi connectivity index (χ1) is 12.9. The highest BCUT2D eigenvalue weighted by Crippen LogP contribution is 2.24. The fourth-order valence-corrected chi connectivity index (χ4v) is 1.90. The van der Waals surface area contributed by atoms with E-state index < -0.39 is 18.5 Å². The van der Waals surface area contributed by atoms with Crippen LogP contribution in [0, 0.1) is 0 Å². The van der Waals surface area contributed by atoms with E-state index in [0.717, 1.165) is 12.0 Å². The Morgan fingerprint density at radius 2 is 1.85 bits per heavy atom. The Kier molecular flexibility index (Phi) is 13.5. The third-order valence-corrected chi connectivity index (χ3v) is 3.47. The van der Waals surface area contributed by atoms with Crippen molar-refractivity contribution in [2.75, 3.05) is 19.8 Å². The number of amides is 1. The van der Waals surface area contributed by atoms with Crippen LogP contribution in [0.2, 0.25) is 0 Å². The number of aromatic hydroxyl groups is 1. The van der Waals surface area contributed by atoms with E-state index in [2.05, 4.69) is 5.32 Å². The molecule has 1 aliphatic rings. The highest BCUT2D eigenvalue weighted by atomic mass is 16.8. The van der Waals surface area contributed by atoms with Crippen LogP contribution in [-0.2, 0) is 20.7 Å². The molecule has 0 spiro atoms. The second-order valence-corrected chi connectivity index (χ2v) is 5.72. The van der Waals surface area contributed by atoms with Crippen molar-refractivity contribution in [3.05, 3.63) is 29.8 Å². The van der Waals surface area contributed by atoms with E-state index >= 15 is 0 Å². The van der Waals surface area contributed by atoms with Crippen molar-refractivity contribution in [3.8, 4) is 5.75 Å². The molecule has 156 valence electrons. The number of carbonyl (C=O) groups excluding carboxylic acids is 1. The van der Waals surface area contributed by atoms with Crippen molar-refractivity contribution < 1.29 is 34.7 Å². The Hall–Kier alpha value is -1.71. The van der Waals surface area contributed by atoms with Crippen molar-refractivity contribution in [3.63, 3.8) is 0 Å². The standard InChI is InChI=1S/C10H13NO2.C7H14O5.C2H6/c1-8(12)11-7-6-9-2-4-10(13)5-3-9;1-4(10)5(2-8)11-7-6(3-9)12-7;1-2/h2-5,13H,6-7H2,1H3,(H,11,12);4-10H,2-3H2,1H3;1-2H3. The Bertz CT molecular complexity index is 507.